The topological polar surface area (TPSA) is 130 Å². The number of carbonyl (C=O) groups is 2. The molecule has 0 aromatic heterocycles. The maximum atomic E-state index is 11.9. The molecule has 1 fully saturated rings. The minimum Gasteiger partial charge on any atom is -0.354 e. The number of primary sulfonamides is 1. The summed E-state index contributed by atoms with van der Waals surface area (Å²) in [5.74, 6) is -0.171. The summed E-state index contributed by atoms with van der Waals surface area (Å²) in [7, 11) is -3.72. The summed E-state index contributed by atoms with van der Waals surface area (Å²) in [5.41, 5.74) is 0.720. The second-order valence-corrected chi connectivity index (χ2v) is 6.92. The number of amides is 3. The molecule has 0 radical (unpaired) electrons. The van der Waals surface area contributed by atoms with E-state index in [4.69, 9.17) is 5.14 Å². The molecule has 3 amide bonds. The van der Waals surface area contributed by atoms with Gasteiger partial charge in [-0.1, -0.05) is 12.1 Å². The molecule has 5 N–H and O–H groups in total. The lowest BCUT2D eigenvalue weighted by Gasteiger charge is -2.15. The number of hydrogen-bond donors (Lipinski definition) is 4. The van der Waals surface area contributed by atoms with Gasteiger partial charge in [0.2, 0.25) is 15.9 Å². The molecule has 0 bridgehead atoms. The third-order valence-electron chi connectivity index (χ3n) is 3.55. The van der Waals surface area contributed by atoms with E-state index in [0.717, 1.165) is 18.4 Å². The second kappa shape index (κ2) is 7.42. The van der Waals surface area contributed by atoms with Crippen molar-refractivity contribution in [2.75, 3.05) is 6.54 Å². The molecule has 2 rings (SSSR count). The molecule has 1 atom stereocenters. The highest BCUT2D eigenvalue weighted by molar-refractivity contribution is 7.89. The van der Waals surface area contributed by atoms with Crippen molar-refractivity contribution in [3.05, 3.63) is 29.8 Å². The van der Waals surface area contributed by atoms with E-state index in [9.17, 15) is 18.0 Å². The zero-order chi connectivity index (χ0) is 16.9. The Labute approximate surface area is 134 Å². The van der Waals surface area contributed by atoms with Crippen molar-refractivity contribution in [3.8, 4) is 0 Å². The smallest absolute Gasteiger partial charge is 0.315 e. The highest BCUT2D eigenvalue weighted by atomic mass is 32.2. The van der Waals surface area contributed by atoms with Crippen LogP contribution >= 0.6 is 0 Å². The number of rotatable bonds is 4. The van der Waals surface area contributed by atoms with Gasteiger partial charge in [-0.3, -0.25) is 4.79 Å². The van der Waals surface area contributed by atoms with Crippen molar-refractivity contribution < 1.29 is 18.0 Å². The maximum absolute atomic E-state index is 11.9. The van der Waals surface area contributed by atoms with Crippen LogP contribution in [0.15, 0.2) is 29.2 Å². The molecule has 1 aromatic carbocycles. The zero-order valence-corrected chi connectivity index (χ0v) is 13.4. The van der Waals surface area contributed by atoms with Gasteiger partial charge in [0.25, 0.3) is 0 Å². The van der Waals surface area contributed by atoms with Gasteiger partial charge in [-0.15, -0.1) is 0 Å². The van der Waals surface area contributed by atoms with E-state index in [2.05, 4.69) is 16.0 Å². The van der Waals surface area contributed by atoms with Crippen LogP contribution in [0.3, 0.4) is 0 Å². The first-order chi connectivity index (χ1) is 10.9. The summed E-state index contributed by atoms with van der Waals surface area (Å²) in [5, 5.41) is 13.0. The van der Waals surface area contributed by atoms with E-state index in [-0.39, 0.29) is 17.3 Å². The molecule has 0 spiro atoms. The Balaban J connectivity index is 1.85. The molecule has 1 unspecified atom stereocenters. The number of sulfonamides is 1. The fourth-order valence-corrected chi connectivity index (χ4v) is 2.78. The zero-order valence-electron chi connectivity index (χ0n) is 12.5. The van der Waals surface area contributed by atoms with Gasteiger partial charge in [-0.25, -0.2) is 18.4 Å². The predicted molar refractivity (Wildman–Crippen MR) is 83.8 cm³/mol. The number of nitrogens with one attached hydrogen (secondary N) is 3. The molecule has 1 aliphatic heterocycles. The standard InChI is InChI=1S/C14H20N4O4S/c15-23(21,22)11-6-4-10(5-7-11)9-17-14(20)18-12-3-1-2-8-16-13(12)19/h4-7,12H,1-3,8-9H2,(H,16,19)(H2,15,21,22)(H2,17,18,20). The van der Waals surface area contributed by atoms with E-state index in [1.165, 1.54) is 12.1 Å². The predicted octanol–water partition coefficient (Wildman–Crippen LogP) is -0.198. The van der Waals surface area contributed by atoms with E-state index in [0.29, 0.717) is 13.0 Å². The van der Waals surface area contributed by atoms with Gasteiger partial charge in [-0.2, -0.15) is 0 Å². The van der Waals surface area contributed by atoms with Crippen LogP contribution in [0.1, 0.15) is 24.8 Å². The molecule has 126 valence electrons. The van der Waals surface area contributed by atoms with Crippen molar-refractivity contribution >= 4 is 22.0 Å². The summed E-state index contributed by atoms with van der Waals surface area (Å²) < 4.78 is 22.3. The highest BCUT2D eigenvalue weighted by Crippen LogP contribution is 2.09. The Morgan fingerprint density at radius 3 is 2.61 bits per heavy atom. The first-order valence-electron chi connectivity index (χ1n) is 7.30. The SMILES string of the molecule is NS(=O)(=O)c1ccc(CNC(=O)NC2CCCCNC2=O)cc1. The van der Waals surface area contributed by atoms with Crippen molar-refractivity contribution in [1.82, 2.24) is 16.0 Å². The summed E-state index contributed by atoms with van der Waals surface area (Å²) >= 11 is 0. The van der Waals surface area contributed by atoms with Crippen LogP contribution in [0.25, 0.3) is 0 Å². The first kappa shape index (κ1) is 17.2. The Kier molecular flexibility index (Phi) is 5.56. The van der Waals surface area contributed by atoms with Crippen LogP contribution in [-0.2, 0) is 21.4 Å². The van der Waals surface area contributed by atoms with Gasteiger partial charge in [0.15, 0.2) is 0 Å². The Hall–Kier alpha value is -2.13. The van der Waals surface area contributed by atoms with Crippen molar-refractivity contribution in [3.63, 3.8) is 0 Å². The Bertz CT molecular complexity index is 673. The Morgan fingerprint density at radius 2 is 1.96 bits per heavy atom. The third-order valence-corrected chi connectivity index (χ3v) is 4.47. The average molecular weight is 340 g/mol. The molecule has 1 heterocycles. The van der Waals surface area contributed by atoms with Gasteiger partial charge in [0.05, 0.1) is 4.90 Å². The average Bonchev–Trinajstić information content (AvgIpc) is 2.70. The summed E-state index contributed by atoms with van der Waals surface area (Å²) in [6, 6.07) is 4.92. The second-order valence-electron chi connectivity index (χ2n) is 5.36. The monoisotopic (exact) mass is 340 g/mol. The van der Waals surface area contributed by atoms with Crippen molar-refractivity contribution in [2.45, 2.75) is 36.7 Å². The summed E-state index contributed by atoms with van der Waals surface area (Å²) in [6.45, 7) is 0.847. The van der Waals surface area contributed by atoms with E-state index in [1.54, 1.807) is 12.1 Å². The molecular formula is C14H20N4O4S. The minimum atomic E-state index is -3.72. The lowest BCUT2D eigenvalue weighted by atomic mass is 10.1. The molecular weight excluding hydrogens is 320 g/mol. The van der Waals surface area contributed by atoms with Crippen LogP contribution < -0.4 is 21.1 Å². The molecule has 1 aromatic rings. The largest absolute Gasteiger partial charge is 0.354 e. The van der Waals surface area contributed by atoms with E-state index >= 15 is 0 Å². The van der Waals surface area contributed by atoms with Crippen LogP contribution in [0.4, 0.5) is 4.79 Å². The number of nitrogens with two attached hydrogens (primary N) is 1. The molecule has 8 nitrogen and oxygen atoms in total. The fraction of sp³-hybridized carbons (Fsp3) is 0.429. The van der Waals surface area contributed by atoms with E-state index in [1.807, 2.05) is 0 Å². The lowest BCUT2D eigenvalue weighted by Crippen LogP contribution is -2.48. The van der Waals surface area contributed by atoms with Crippen LogP contribution in [0.2, 0.25) is 0 Å². The van der Waals surface area contributed by atoms with Crippen LogP contribution in [0.5, 0.6) is 0 Å². The molecule has 0 aliphatic carbocycles. The van der Waals surface area contributed by atoms with Gasteiger partial charge in [0.1, 0.15) is 6.04 Å². The number of benzene rings is 1. The van der Waals surface area contributed by atoms with Gasteiger partial charge >= 0.3 is 6.03 Å². The van der Waals surface area contributed by atoms with Gasteiger partial charge in [0, 0.05) is 13.1 Å². The molecule has 9 heteroatoms. The normalized spacial score (nSPS) is 18.7. The third kappa shape index (κ3) is 5.22. The summed E-state index contributed by atoms with van der Waals surface area (Å²) in [6.07, 6.45) is 2.39. The first-order valence-corrected chi connectivity index (χ1v) is 8.85. The lowest BCUT2D eigenvalue weighted by molar-refractivity contribution is -0.122. The molecule has 1 aliphatic rings. The van der Waals surface area contributed by atoms with Gasteiger partial charge < -0.3 is 16.0 Å². The van der Waals surface area contributed by atoms with Crippen LogP contribution in [0, 0.1) is 0 Å². The maximum Gasteiger partial charge on any atom is 0.315 e. The van der Waals surface area contributed by atoms with Crippen LogP contribution in [-0.4, -0.2) is 32.9 Å². The van der Waals surface area contributed by atoms with E-state index < -0.39 is 22.1 Å². The molecule has 23 heavy (non-hydrogen) atoms. The fourth-order valence-electron chi connectivity index (χ4n) is 2.27. The summed E-state index contributed by atoms with van der Waals surface area (Å²) in [4.78, 5) is 23.6. The van der Waals surface area contributed by atoms with Crippen molar-refractivity contribution in [1.29, 1.82) is 0 Å². The van der Waals surface area contributed by atoms with Gasteiger partial charge in [-0.05, 0) is 37.0 Å². The number of carbonyl (C=O) groups excluding carboxylic acids is 2. The quantitative estimate of drug-likeness (QED) is 0.604. The molecule has 0 saturated carbocycles. The van der Waals surface area contributed by atoms with Crippen molar-refractivity contribution in [2.24, 2.45) is 5.14 Å². The minimum absolute atomic E-state index is 0.0147. The number of urea groups is 1. The molecule has 1 saturated heterocycles. The highest BCUT2D eigenvalue weighted by Gasteiger charge is 2.22. The number of hydrogen-bond acceptors (Lipinski definition) is 4. The Morgan fingerprint density at radius 1 is 1.26 bits per heavy atom.